The van der Waals surface area contributed by atoms with Crippen molar-refractivity contribution >= 4 is 37.7 Å². The Hall–Kier alpha value is -0.480. The number of anilines is 1. The smallest absolute Gasteiger partial charge is 0.351 e. The van der Waals surface area contributed by atoms with Gasteiger partial charge in [0.2, 0.25) is 0 Å². The average Bonchev–Trinajstić information content (AvgIpc) is 2.61. The Morgan fingerprint density at radius 1 is 1.61 bits per heavy atom. The fraction of sp³-hybridized carbons (Fsp3) is 0.556. The first-order chi connectivity index (χ1) is 8.45. The summed E-state index contributed by atoms with van der Waals surface area (Å²) >= 11 is 6.37. The molecule has 2 rings (SSSR count). The van der Waals surface area contributed by atoms with Crippen molar-refractivity contribution in [2.45, 2.75) is 23.3 Å². The molecule has 0 aliphatic carbocycles. The van der Waals surface area contributed by atoms with E-state index in [9.17, 15) is 9.90 Å². The summed E-state index contributed by atoms with van der Waals surface area (Å²) in [7, 11) is 0. The van der Waals surface area contributed by atoms with E-state index in [2.05, 4.69) is 36.8 Å². The normalized spacial score (nSPS) is 31.8. The van der Waals surface area contributed by atoms with E-state index in [0.717, 1.165) is 4.57 Å². The van der Waals surface area contributed by atoms with E-state index in [1.807, 2.05) is 0 Å². The monoisotopic (exact) mass is 383 g/mol. The summed E-state index contributed by atoms with van der Waals surface area (Å²) in [5, 5.41) is 19.1. The molecule has 7 nitrogen and oxygen atoms in total. The van der Waals surface area contributed by atoms with Crippen molar-refractivity contribution in [3.8, 4) is 0 Å². The van der Waals surface area contributed by atoms with Gasteiger partial charge in [-0.1, -0.05) is 15.9 Å². The maximum Gasteiger partial charge on any atom is 0.351 e. The number of hydrogen-bond donors (Lipinski definition) is 3. The molecule has 2 heterocycles. The second-order valence-electron chi connectivity index (χ2n) is 3.85. The molecule has 1 aromatic rings. The number of ether oxygens (including phenoxy) is 1. The molecular formula is C9H11Br2N3O4. The summed E-state index contributed by atoms with van der Waals surface area (Å²) in [5.41, 5.74) is 4.85. The molecule has 0 bridgehead atoms. The number of nitrogen functional groups attached to an aromatic ring is 1. The molecule has 0 unspecified atom stereocenters. The van der Waals surface area contributed by atoms with Crippen LogP contribution in [-0.4, -0.2) is 43.4 Å². The van der Waals surface area contributed by atoms with E-state index >= 15 is 0 Å². The number of nitrogens with two attached hydrogens (primary N) is 1. The molecule has 18 heavy (non-hydrogen) atoms. The highest BCUT2D eigenvalue weighted by atomic mass is 79.9. The van der Waals surface area contributed by atoms with Crippen molar-refractivity contribution in [1.29, 1.82) is 0 Å². The largest absolute Gasteiger partial charge is 0.394 e. The van der Waals surface area contributed by atoms with Gasteiger partial charge in [0.05, 0.1) is 22.0 Å². The Labute approximate surface area is 119 Å². The molecule has 1 aliphatic heterocycles. The summed E-state index contributed by atoms with van der Waals surface area (Å²) in [6.07, 6.45) is -1.08. The first kappa shape index (κ1) is 13.9. The van der Waals surface area contributed by atoms with Crippen molar-refractivity contribution in [1.82, 2.24) is 9.55 Å². The van der Waals surface area contributed by atoms with Gasteiger partial charge in [-0.25, -0.2) is 4.79 Å². The van der Waals surface area contributed by atoms with Crippen LogP contribution in [0, 0.1) is 0 Å². The molecule has 1 aromatic heterocycles. The Balaban J connectivity index is 2.39. The van der Waals surface area contributed by atoms with E-state index in [4.69, 9.17) is 15.6 Å². The number of aliphatic hydroxyl groups is 2. The predicted octanol–water partition coefficient (Wildman–Crippen LogP) is -0.398. The Kier molecular flexibility index (Phi) is 4.07. The van der Waals surface area contributed by atoms with Crippen molar-refractivity contribution in [2.24, 2.45) is 0 Å². The average molecular weight is 385 g/mol. The lowest BCUT2D eigenvalue weighted by molar-refractivity contribution is -0.0530. The van der Waals surface area contributed by atoms with Crippen molar-refractivity contribution in [3.63, 3.8) is 0 Å². The molecule has 1 aliphatic rings. The van der Waals surface area contributed by atoms with Crippen LogP contribution in [0.1, 0.15) is 6.23 Å². The van der Waals surface area contributed by atoms with Crippen LogP contribution in [0.3, 0.4) is 0 Å². The van der Waals surface area contributed by atoms with Crippen LogP contribution in [0.4, 0.5) is 5.82 Å². The van der Waals surface area contributed by atoms with Crippen LogP contribution in [0.15, 0.2) is 15.5 Å². The Bertz CT molecular complexity index is 509. The molecule has 100 valence electrons. The van der Waals surface area contributed by atoms with Gasteiger partial charge in [0.15, 0.2) is 6.23 Å². The molecular weight excluding hydrogens is 374 g/mol. The molecule has 0 amide bonds. The molecule has 1 saturated heterocycles. The molecule has 4 atom stereocenters. The Morgan fingerprint density at radius 3 is 2.83 bits per heavy atom. The van der Waals surface area contributed by atoms with Crippen LogP contribution < -0.4 is 11.4 Å². The van der Waals surface area contributed by atoms with Crippen LogP contribution >= 0.6 is 31.9 Å². The third-order valence-electron chi connectivity index (χ3n) is 2.68. The number of halogens is 2. The second-order valence-corrected chi connectivity index (χ2v) is 5.76. The van der Waals surface area contributed by atoms with E-state index in [0.29, 0.717) is 4.47 Å². The van der Waals surface area contributed by atoms with E-state index in [1.165, 1.54) is 6.20 Å². The fourth-order valence-electron chi connectivity index (χ4n) is 1.73. The lowest BCUT2D eigenvalue weighted by atomic mass is 10.2. The van der Waals surface area contributed by atoms with Gasteiger partial charge in [-0.05, 0) is 15.9 Å². The third kappa shape index (κ3) is 2.32. The quantitative estimate of drug-likeness (QED) is 0.598. The number of rotatable bonds is 2. The summed E-state index contributed by atoms with van der Waals surface area (Å²) in [5.74, 6) is 0.0674. The molecule has 1 fully saturated rings. The maximum absolute atomic E-state index is 11.7. The fourth-order valence-corrected chi connectivity index (χ4v) is 2.59. The van der Waals surface area contributed by atoms with E-state index in [-0.39, 0.29) is 12.4 Å². The molecule has 4 N–H and O–H groups in total. The molecule has 9 heteroatoms. The van der Waals surface area contributed by atoms with Gasteiger partial charge in [0.25, 0.3) is 0 Å². The summed E-state index contributed by atoms with van der Waals surface area (Å²) in [6, 6.07) is 0. The molecule has 0 spiro atoms. The first-order valence-corrected chi connectivity index (χ1v) is 6.79. The number of aromatic nitrogens is 2. The van der Waals surface area contributed by atoms with Gasteiger partial charge in [0, 0.05) is 6.20 Å². The molecule has 0 saturated carbocycles. The zero-order chi connectivity index (χ0) is 13.4. The first-order valence-electron chi connectivity index (χ1n) is 5.08. The lowest BCUT2D eigenvalue weighted by Gasteiger charge is -2.17. The van der Waals surface area contributed by atoms with Gasteiger partial charge in [-0.15, -0.1) is 0 Å². The van der Waals surface area contributed by atoms with Crippen LogP contribution in [0.25, 0.3) is 0 Å². The minimum atomic E-state index is -0.975. The van der Waals surface area contributed by atoms with Gasteiger partial charge in [-0.2, -0.15) is 4.98 Å². The minimum absolute atomic E-state index is 0.0674. The summed E-state index contributed by atoms with van der Waals surface area (Å²) in [6.45, 7) is -0.262. The van der Waals surface area contributed by atoms with Crippen LogP contribution in [0.5, 0.6) is 0 Å². The van der Waals surface area contributed by atoms with E-state index in [1.54, 1.807) is 0 Å². The number of alkyl halides is 1. The lowest BCUT2D eigenvalue weighted by Crippen LogP contribution is -2.34. The number of nitrogens with zero attached hydrogens (tertiary/aromatic N) is 2. The maximum atomic E-state index is 11.7. The molecule has 0 radical (unpaired) electrons. The minimum Gasteiger partial charge on any atom is -0.394 e. The standard InChI is InChI=1S/C9H11Br2N3O4/c10-3-1-14(9(17)13-7(3)12)8-6(16)5(11)4(2-15)18-8/h1,4-6,8,15-16H,2H2,(H2,12,13,17)/t4-,5+,6-,8-/m1/s1. The highest BCUT2D eigenvalue weighted by molar-refractivity contribution is 9.10. The second kappa shape index (κ2) is 5.25. The predicted molar refractivity (Wildman–Crippen MR) is 70.3 cm³/mol. The number of aliphatic hydroxyl groups excluding tert-OH is 2. The topological polar surface area (TPSA) is 111 Å². The summed E-state index contributed by atoms with van der Waals surface area (Å²) < 4.78 is 6.97. The van der Waals surface area contributed by atoms with Gasteiger partial charge < -0.3 is 20.7 Å². The SMILES string of the molecule is Nc1nc(=O)n([C@@H]2O[C@H](CO)[C@H](Br)[C@H]2O)cc1Br. The highest BCUT2D eigenvalue weighted by Crippen LogP contribution is 2.33. The summed E-state index contributed by atoms with van der Waals surface area (Å²) in [4.78, 5) is 14.8. The van der Waals surface area contributed by atoms with Crippen molar-refractivity contribution < 1.29 is 14.9 Å². The van der Waals surface area contributed by atoms with Crippen LogP contribution in [-0.2, 0) is 4.74 Å². The van der Waals surface area contributed by atoms with Gasteiger partial charge in [-0.3, -0.25) is 4.57 Å². The van der Waals surface area contributed by atoms with E-state index < -0.39 is 29.0 Å². The Morgan fingerprint density at radius 2 is 2.28 bits per heavy atom. The number of hydrogen-bond acceptors (Lipinski definition) is 6. The third-order valence-corrected chi connectivity index (χ3v) is 4.42. The van der Waals surface area contributed by atoms with Gasteiger partial charge in [0.1, 0.15) is 11.9 Å². The zero-order valence-electron chi connectivity index (χ0n) is 9.03. The highest BCUT2D eigenvalue weighted by Gasteiger charge is 2.43. The zero-order valence-corrected chi connectivity index (χ0v) is 12.2. The van der Waals surface area contributed by atoms with Gasteiger partial charge >= 0.3 is 5.69 Å². The molecule has 0 aromatic carbocycles. The van der Waals surface area contributed by atoms with Crippen molar-refractivity contribution in [2.75, 3.05) is 12.3 Å². The van der Waals surface area contributed by atoms with Crippen LogP contribution in [0.2, 0.25) is 0 Å². The van der Waals surface area contributed by atoms with Crippen molar-refractivity contribution in [3.05, 3.63) is 21.2 Å².